The Morgan fingerprint density at radius 3 is 3.22 bits per heavy atom. The molecule has 1 fully saturated rings. The summed E-state index contributed by atoms with van der Waals surface area (Å²) in [6.45, 7) is 0.759. The number of hydrogen-bond donors (Lipinski definition) is 2. The smallest absolute Gasteiger partial charge is 0.244 e. The number of ether oxygens (including phenoxy) is 1. The first-order chi connectivity index (χ1) is 8.83. The molecule has 3 N–H and O–H groups in total. The average molecular weight is 249 g/mol. The van der Waals surface area contributed by atoms with Crippen LogP contribution in [0.4, 0.5) is 0 Å². The van der Waals surface area contributed by atoms with Crippen molar-refractivity contribution in [2.24, 2.45) is 5.73 Å². The van der Waals surface area contributed by atoms with Crippen LogP contribution in [0.1, 0.15) is 42.4 Å². The molecule has 0 aromatic carbocycles. The van der Waals surface area contributed by atoms with Crippen molar-refractivity contribution in [3.8, 4) is 0 Å². The summed E-state index contributed by atoms with van der Waals surface area (Å²) in [7, 11) is 0. The fourth-order valence-corrected chi connectivity index (χ4v) is 2.03. The number of aromatic nitrogens is 4. The average Bonchev–Trinajstić information content (AvgIpc) is 3.11. The van der Waals surface area contributed by atoms with E-state index in [1.807, 2.05) is 0 Å². The highest BCUT2D eigenvalue weighted by Gasteiger charge is 2.24. The molecular formula is C11H15N5O2. The topological polar surface area (TPSA) is 103 Å². The van der Waals surface area contributed by atoms with Crippen LogP contribution in [0.3, 0.4) is 0 Å². The molecule has 0 aliphatic carbocycles. The Balaban J connectivity index is 1.68. The van der Waals surface area contributed by atoms with Crippen LogP contribution in [0.25, 0.3) is 0 Å². The molecule has 1 aliphatic heterocycles. The van der Waals surface area contributed by atoms with E-state index < -0.39 is 0 Å². The highest BCUT2D eigenvalue weighted by molar-refractivity contribution is 5.03. The summed E-state index contributed by atoms with van der Waals surface area (Å²) in [4.78, 5) is 11.2. The fourth-order valence-electron chi connectivity index (χ4n) is 2.03. The molecule has 7 nitrogen and oxygen atoms in total. The van der Waals surface area contributed by atoms with Gasteiger partial charge in [0, 0.05) is 24.9 Å². The van der Waals surface area contributed by atoms with Crippen molar-refractivity contribution >= 4 is 0 Å². The SMILES string of the molecule is NC(Cc1cnc[nH]1)c1nc(C2CCCO2)no1. The maximum Gasteiger partial charge on any atom is 0.244 e. The third-order valence-corrected chi connectivity index (χ3v) is 2.99. The number of H-pyrrole nitrogens is 1. The first-order valence-electron chi connectivity index (χ1n) is 6.01. The molecular weight excluding hydrogens is 234 g/mol. The number of hydrogen-bond acceptors (Lipinski definition) is 6. The van der Waals surface area contributed by atoms with E-state index in [4.69, 9.17) is 15.0 Å². The minimum atomic E-state index is -0.326. The molecule has 2 atom stereocenters. The molecule has 7 heteroatoms. The number of nitrogens with one attached hydrogen (secondary N) is 1. The first kappa shape index (κ1) is 11.4. The zero-order valence-electron chi connectivity index (χ0n) is 9.87. The monoisotopic (exact) mass is 249 g/mol. The van der Waals surface area contributed by atoms with E-state index in [1.54, 1.807) is 12.5 Å². The van der Waals surface area contributed by atoms with Gasteiger partial charge in [-0.05, 0) is 12.8 Å². The van der Waals surface area contributed by atoms with Gasteiger partial charge in [-0.3, -0.25) is 0 Å². The van der Waals surface area contributed by atoms with Crippen LogP contribution in [-0.4, -0.2) is 26.7 Å². The van der Waals surface area contributed by atoms with Gasteiger partial charge in [0.1, 0.15) is 6.10 Å². The van der Waals surface area contributed by atoms with Gasteiger partial charge in [-0.25, -0.2) is 4.98 Å². The molecule has 0 spiro atoms. The van der Waals surface area contributed by atoms with Crippen molar-refractivity contribution in [3.63, 3.8) is 0 Å². The molecule has 18 heavy (non-hydrogen) atoms. The second-order valence-corrected chi connectivity index (χ2v) is 4.38. The minimum absolute atomic E-state index is 0.0399. The predicted molar refractivity (Wildman–Crippen MR) is 61.4 cm³/mol. The Morgan fingerprint density at radius 2 is 2.50 bits per heavy atom. The molecule has 3 heterocycles. The molecule has 2 aromatic heterocycles. The molecule has 1 saturated heterocycles. The number of rotatable bonds is 4. The summed E-state index contributed by atoms with van der Waals surface area (Å²) in [5.41, 5.74) is 6.96. The Bertz CT molecular complexity index is 489. The normalized spacial score (nSPS) is 21.3. The van der Waals surface area contributed by atoms with Gasteiger partial charge >= 0.3 is 0 Å². The molecule has 0 radical (unpaired) electrons. The third-order valence-electron chi connectivity index (χ3n) is 2.99. The molecule has 0 amide bonds. The summed E-state index contributed by atoms with van der Waals surface area (Å²) < 4.78 is 10.7. The summed E-state index contributed by atoms with van der Waals surface area (Å²) in [6, 6.07) is -0.326. The number of nitrogens with two attached hydrogens (primary N) is 1. The van der Waals surface area contributed by atoms with Crippen LogP contribution < -0.4 is 5.73 Å². The van der Waals surface area contributed by atoms with Gasteiger partial charge in [0.25, 0.3) is 0 Å². The second kappa shape index (κ2) is 4.87. The zero-order chi connectivity index (χ0) is 12.4. The highest BCUT2D eigenvalue weighted by Crippen LogP contribution is 2.27. The lowest BCUT2D eigenvalue weighted by atomic mass is 10.2. The van der Waals surface area contributed by atoms with Crippen LogP contribution in [0.5, 0.6) is 0 Å². The van der Waals surface area contributed by atoms with Crippen LogP contribution in [0.2, 0.25) is 0 Å². The summed E-state index contributed by atoms with van der Waals surface area (Å²) in [5.74, 6) is 1.04. The van der Waals surface area contributed by atoms with Gasteiger partial charge in [-0.2, -0.15) is 4.98 Å². The molecule has 96 valence electrons. The lowest BCUT2D eigenvalue weighted by Gasteiger charge is -2.04. The summed E-state index contributed by atoms with van der Waals surface area (Å²) in [6.07, 6.45) is 5.88. The van der Waals surface area contributed by atoms with Gasteiger partial charge in [0.15, 0.2) is 0 Å². The lowest BCUT2D eigenvalue weighted by molar-refractivity contribution is 0.103. The van der Waals surface area contributed by atoms with Crippen molar-refractivity contribution in [1.82, 2.24) is 20.1 Å². The Hall–Kier alpha value is -1.73. The predicted octanol–water partition coefficient (Wildman–Crippen LogP) is 0.887. The van der Waals surface area contributed by atoms with E-state index >= 15 is 0 Å². The molecule has 2 unspecified atom stereocenters. The largest absolute Gasteiger partial charge is 0.370 e. The maximum absolute atomic E-state index is 6.01. The number of imidazole rings is 1. The lowest BCUT2D eigenvalue weighted by Crippen LogP contribution is -2.14. The van der Waals surface area contributed by atoms with Crippen molar-refractivity contribution in [3.05, 3.63) is 29.9 Å². The maximum atomic E-state index is 6.01. The van der Waals surface area contributed by atoms with Crippen LogP contribution in [0, 0.1) is 0 Å². The zero-order valence-corrected chi connectivity index (χ0v) is 9.87. The van der Waals surface area contributed by atoms with E-state index in [-0.39, 0.29) is 12.1 Å². The van der Waals surface area contributed by atoms with Gasteiger partial charge in [-0.15, -0.1) is 0 Å². The van der Waals surface area contributed by atoms with E-state index in [0.29, 0.717) is 18.1 Å². The van der Waals surface area contributed by atoms with Gasteiger partial charge in [-0.1, -0.05) is 5.16 Å². The summed E-state index contributed by atoms with van der Waals surface area (Å²) in [5, 5.41) is 3.93. The van der Waals surface area contributed by atoms with Gasteiger partial charge in [0.05, 0.1) is 12.4 Å². The van der Waals surface area contributed by atoms with Crippen LogP contribution >= 0.6 is 0 Å². The van der Waals surface area contributed by atoms with Gasteiger partial charge < -0.3 is 20.0 Å². The highest BCUT2D eigenvalue weighted by atomic mass is 16.5. The molecule has 2 aromatic rings. The van der Waals surface area contributed by atoms with E-state index in [9.17, 15) is 0 Å². The van der Waals surface area contributed by atoms with Crippen molar-refractivity contribution < 1.29 is 9.26 Å². The van der Waals surface area contributed by atoms with Crippen molar-refractivity contribution in [2.75, 3.05) is 6.61 Å². The van der Waals surface area contributed by atoms with E-state index in [2.05, 4.69) is 20.1 Å². The minimum Gasteiger partial charge on any atom is -0.370 e. The molecule has 3 rings (SSSR count). The van der Waals surface area contributed by atoms with E-state index in [0.717, 1.165) is 25.1 Å². The van der Waals surface area contributed by atoms with Crippen molar-refractivity contribution in [2.45, 2.75) is 31.4 Å². The van der Waals surface area contributed by atoms with Crippen molar-refractivity contribution in [1.29, 1.82) is 0 Å². The third kappa shape index (κ3) is 2.27. The van der Waals surface area contributed by atoms with Crippen LogP contribution in [0.15, 0.2) is 17.0 Å². The Kier molecular flexibility index (Phi) is 3.07. The quantitative estimate of drug-likeness (QED) is 0.834. The van der Waals surface area contributed by atoms with E-state index in [1.165, 1.54) is 0 Å². The molecule has 0 bridgehead atoms. The Labute approximate surface area is 104 Å². The van der Waals surface area contributed by atoms with Crippen LogP contribution in [-0.2, 0) is 11.2 Å². The molecule has 1 aliphatic rings. The summed E-state index contributed by atoms with van der Waals surface area (Å²) >= 11 is 0. The van der Waals surface area contributed by atoms with Gasteiger partial charge in [0.2, 0.25) is 11.7 Å². The first-order valence-corrected chi connectivity index (χ1v) is 6.01. The Morgan fingerprint density at radius 1 is 1.56 bits per heavy atom. The standard InChI is InChI=1S/C11H15N5O2/c12-8(4-7-5-13-6-14-7)11-15-10(16-18-11)9-2-1-3-17-9/h5-6,8-9H,1-4,12H2,(H,13,14). The molecule has 0 saturated carbocycles. The number of nitrogens with zero attached hydrogens (tertiary/aromatic N) is 3. The fraction of sp³-hybridized carbons (Fsp3) is 0.545. The second-order valence-electron chi connectivity index (χ2n) is 4.38. The number of aromatic amines is 1.